The minimum absolute atomic E-state index is 0.0625. The summed E-state index contributed by atoms with van der Waals surface area (Å²) in [5.41, 5.74) is 2.88. The lowest BCUT2D eigenvalue weighted by atomic mass is 9.91. The molecule has 0 heterocycles. The minimum Gasteiger partial charge on any atom is -0.291 e. The van der Waals surface area contributed by atoms with Crippen molar-refractivity contribution < 1.29 is 4.79 Å². The Morgan fingerprint density at radius 2 is 1.76 bits per heavy atom. The molecule has 92 valence electrons. The Balaban J connectivity index is 2.71. The lowest BCUT2D eigenvalue weighted by Crippen LogP contribution is -2.26. The SMILES string of the molecule is CC(C)(C)C(=O)C(Cl)=NNc1ccc(Cl)cc1. The molecule has 0 aromatic heterocycles. The van der Waals surface area contributed by atoms with Crippen molar-refractivity contribution in [3.63, 3.8) is 0 Å². The van der Waals surface area contributed by atoms with Crippen LogP contribution in [0.2, 0.25) is 5.02 Å². The molecule has 1 aromatic carbocycles. The quantitative estimate of drug-likeness (QED) is 0.669. The molecule has 0 aliphatic heterocycles. The monoisotopic (exact) mass is 272 g/mol. The molecule has 0 spiro atoms. The van der Waals surface area contributed by atoms with Gasteiger partial charge in [0.2, 0.25) is 0 Å². The molecule has 0 aliphatic rings. The third kappa shape index (κ3) is 4.36. The van der Waals surface area contributed by atoms with Crippen LogP contribution in [0.15, 0.2) is 29.4 Å². The second-order valence-electron chi connectivity index (χ2n) is 4.60. The molecule has 1 rings (SSSR count). The first kappa shape index (κ1) is 14.0. The van der Waals surface area contributed by atoms with Crippen LogP contribution < -0.4 is 5.43 Å². The van der Waals surface area contributed by atoms with Crippen LogP contribution in [0.3, 0.4) is 0 Å². The molecule has 0 saturated heterocycles. The minimum atomic E-state index is -0.539. The standard InChI is InChI=1S/C12H14Cl2N2O/c1-12(2,3)10(17)11(14)16-15-9-6-4-8(13)5-7-9/h4-7,15H,1-3H3. The summed E-state index contributed by atoms with van der Waals surface area (Å²) in [5, 5.41) is 4.40. The normalized spacial score (nSPS) is 12.4. The summed E-state index contributed by atoms with van der Waals surface area (Å²) in [7, 11) is 0. The van der Waals surface area contributed by atoms with Gasteiger partial charge in [0.05, 0.1) is 5.69 Å². The van der Waals surface area contributed by atoms with Crippen molar-refractivity contribution in [3.05, 3.63) is 29.3 Å². The maximum atomic E-state index is 11.7. The molecule has 1 aromatic rings. The van der Waals surface area contributed by atoms with Crippen LogP contribution in [0, 0.1) is 5.41 Å². The second kappa shape index (κ2) is 5.52. The number of ketones is 1. The van der Waals surface area contributed by atoms with Crippen LogP contribution in [0.5, 0.6) is 0 Å². The Hall–Kier alpha value is -1.06. The third-order valence-electron chi connectivity index (χ3n) is 2.00. The largest absolute Gasteiger partial charge is 0.291 e. The van der Waals surface area contributed by atoms with E-state index in [2.05, 4.69) is 10.5 Å². The Labute approximate surface area is 111 Å². The number of halogens is 2. The molecule has 1 N–H and O–H groups in total. The second-order valence-corrected chi connectivity index (χ2v) is 5.39. The van der Waals surface area contributed by atoms with E-state index in [4.69, 9.17) is 23.2 Å². The fourth-order valence-corrected chi connectivity index (χ4v) is 1.45. The van der Waals surface area contributed by atoms with Gasteiger partial charge in [0.25, 0.3) is 0 Å². The fourth-order valence-electron chi connectivity index (χ4n) is 0.998. The number of carbonyl (C=O) groups is 1. The Kier molecular flexibility index (Phi) is 4.54. The van der Waals surface area contributed by atoms with Crippen LogP contribution in [0.25, 0.3) is 0 Å². The van der Waals surface area contributed by atoms with Crippen molar-refractivity contribution in [1.82, 2.24) is 0 Å². The van der Waals surface area contributed by atoms with Gasteiger partial charge in [-0.25, -0.2) is 0 Å². The number of Topliss-reactive ketones (excluding diaryl/α,β-unsaturated/α-hetero) is 1. The molecule has 0 atom stereocenters. The Morgan fingerprint density at radius 3 is 2.24 bits per heavy atom. The zero-order valence-corrected chi connectivity index (χ0v) is 11.4. The first-order chi connectivity index (χ1) is 7.80. The first-order valence-corrected chi connectivity index (χ1v) is 5.86. The highest BCUT2D eigenvalue weighted by atomic mass is 35.5. The maximum Gasteiger partial charge on any atom is 0.199 e. The van der Waals surface area contributed by atoms with Gasteiger partial charge in [-0.15, -0.1) is 0 Å². The molecule has 0 saturated carbocycles. The van der Waals surface area contributed by atoms with E-state index in [0.717, 1.165) is 0 Å². The summed E-state index contributed by atoms with van der Waals surface area (Å²) >= 11 is 11.5. The van der Waals surface area contributed by atoms with E-state index in [1.807, 2.05) is 0 Å². The van der Waals surface area contributed by atoms with Gasteiger partial charge in [-0.2, -0.15) is 5.10 Å². The van der Waals surface area contributed by atoms with E-state index in [-0.39, 0.29) is 11.0 Å². The predicted molar refractivity (Wildman–Crippen MR) is 72.8 cm³/mol. The van der Waals surface area contributed by atoms with E-state index < -0.39 is 5.41 Å². The van der Waals surface area contributed by atoms with Gasteiger partial charge in [-0.05, 0) is 24.3 Å². The highest BCUT2D eigenvalue weighted by Crippen LogP contribution is 2.17. The van der Waals surface area contributed by atoms with E-state index in [9.17, 15) is 4.79 Å². The molecule has 0 amide bonds. The van der Waals surface area contributed by atoms with E-state index in [1.54, 1.807) is 45.0 Å². The van der Waals surface area contributed by atoms with Gasteiger partial charge in [-0.1, -0.05) is 44.0 Å². The lowest BCUT2D eigenvalue weighted by Gasteiger charge is -2.14. The van der Waals surface area contributed by atoms with Gasteiger partial charge < -0.3 is 0 Å². The van der Waals surface area contributed by atoms with Crippen LogP contribution in [0.4, 0.5) is 5.69 Å². The van der Waals surface area contributed by atoms with E-state index in [0.29, 0.717) is 10.7 Å². The van der Waals surface area contributed by atoms with Gasteiger partial charge in [0.15, 0.2) is 11.0 Å². The highest BCUT2D eigenvalue weighted by Gasteiger charge is 2.25. The molecule has 0 radical (unpaired) electrons. The molecular formula is C12H14Cl2N2O. The number of hydrogen-bond donors (Lipinski definition) is 1. The molecule has 0 fully saturated rings. The smallest absolute Gasteiger partial charge is 0.199 e. The third-order valence-corrected chi connectivity index (χ3v) is 2.50. The summed E-state index contributed by atoms with van der Waals surface area (Å²) in [5.74, 6) is -0.208. The van der Waals surface area contributed by atoms with Crippen molar-refractivity contribution in [2.24, 2.45) is 10.5 Å². The Morgan fingerprint density at radius 1 is 1.24 bits per heavy atom. The Bertz CT molecular complexity index is 433. The van der Waals surface area contributed by atoms with Crippen molar-refractivity contribution in [2.45, 2.75) is 20.8 Å². The topological polar surface area (TPSA) is 41.5 Å². The number of hydrazone groups is 1. The summed E-state index contributed by atoms with van der Waals surface area (Å²) in [4.78, 5) is 11.7. The average Bonchev–Trinajstić information content (AvgIpc) is 2.25. The molecule has 5 heteroatoms. The molecular weight excluding hydrogens is 259 g/mol. The number of hydrogen-bond acceptors (Lipinski definition) is 3. The van der Waals surface area contributed by atoms with Crippen LogP contribution >= 0.6 is 23.2 Å². The van der Waals surface area contributed by atoms with Crippen molar-refractivity contribution >= 4 is 39.8 Å². The number of rotatable bonds is 3. The number of nitrogens with one attached hydrogen (secondary N) is 1. The number of carbonyl (C=O) groups excluding carboxylic acids is 1. The first-order valence-electron chi connectivity index (χ1n) is 5.10. The van der Waals surface area contributed by atoms with Crippen molar-refractivity contribution in [1.29, 1.82) is 0 Å². The van der Waals surface area contributed by atoms with Crippen LogP contribution in [-0.2, 0) is 4.79 Å². The molecule has 17 heavy (non-hydrogen) atoms. The van der Waals surface area contributed by atoms with Gasteiger partial charge in [-0.3, -0.25) is 10.2 Å². The summed E-state index contributed by atoms with van der Waals surface area (Å²) in [6.07, 6.45) is 0. The number of benzene rings is 1. The summed E-state index contributed by atoms with van der Waals surface area (Å²) in [6.45, 7) is 5.36. The molecule has 0 unspecified atom stereocenters. The highest BCUT2D eigenvalue weighted by molar-refractivity contribution is 6.83. The van der Waals surface area contributed by atoms with Crippen molar-refractivity contribution in [2.75, 3.05) is 5.43 Å². The molecule has 0 bridgehead atoms. The fraction of sp³-hybridized carbons (Fsp3) is 0.333. The average molecular weight is 273 g/mol. The summed E-state index contributed by atoms with van der Waals surface area (Å²) in [6, 6.07) is 6.94. The zero-order chi connectivity index (χ0) is 13.1. The number of anilines is 1. The van der Waals surface area contributed by atoms with Crippen molar-refractivity contribution in [3.8, 4) is 0 Å². The lowest BCUT2D eigenvalue weighted by molar-refractivity contribution is -0.119. The van der Waals surface area contributed by atoms with Gasteiger partial charge in [0, 0.05) is 10.4 Å². The predicted octanol–water partition coefficient (Wildman–Crippen LogP) is 3.92. The maximum absolute atomic E-state index is 11.7. The zero-order valence-electron chi connectivity index (χ0n) is 9.92. The van der Waals surface area contributed by atoms with E-state index in [1.165, 1.54) is 0 Å². The van der Waals surface area contributed by atoms with Crippen LogP contribution in [0.1, 0.15) is 20.8 Å². The van der Waals surface area contributed by atoms with Gasteiger partial charge >= 0.3 is 0 Å². The molecule has 3 nitrogen and oxygen atoms in total. The van der Waals surface area contributed by atoms with Crippen LogP contribution in [-0.4, -0.2) is 11.0 Å². The molecule has 0 aliphatic carbocycles. The number of nitrogens with zero attached hydrogens (tertiary/aromatic N) is 1. The van der Waals surface area contributed by atoms with E-state index >= 15 is 0 Å². The van der Waals surface area contributed by atoms with Gasteiger partial charge in [0.1, 0.15) is 0 Å². The summed E-state index contributed by atoms with van der Waals surface area (Å²) < 4.78 is 0.